The molecule has 0 amide bonds. The molecule has 10 heteroatoms. The van der Waals surface area contributed by atoms with E-state index < -0.39 is 10.0 Å². The summed E-state index contributed by atoms with van der Waals surface area (Å²) in [6, 6.07) is 12.1. The van der Waals surface area contributed by atoms with Crippen molar-refractivity contribution in [3.63, 3.8) is 0 Å². The summed E-state index contributed by atoms with van der Waals surface area (Å²) in [5, 5.41) is 4.41. The van der Waals surface area contributed by atoms with Gasteiger partial charge in [-0.15, -0.1) is 12.4 Å². The molecule has 0 saturated carbocycles. The van der Waals surface area contributed by atoms with E-state index in [2.05, 4.69) is 42.8 Å². The summed E-state index contributed by atoms with van der Waals surface area (Å²) in [7, 11) is -3.60. The van der Waals surface area contributed by atoms with Gasteiger partial charge in [0.25, 0.3) is 0 Å². The Balaban J connectivity index is 0.00000205. The van der Waals surface area contributed by atoms with E-state index in [0.717, 1.165) is 29.9 Å². The standard InChI is InChI=1S/C19H20IN5O2S.ClH/c20-17-8-16-18(24-9-14-6-7-15(10-24)23-14)21-12-22-19(16)25(17)28(26,27)11-13-4-2-1-3-5-13;/h1-5,8,12,14-15,23H,6-7,9-11H2;1H. The van der Waals surface area contributed by atoms with E-state index >= 15 is 0 Å². The van der Waals surface area contributed by atoms with Gasteiger partial charge in [-0.2, -0.15) is 0 Å². The minimum atomic E-state index is -3.60. The number of nitrogens with zero attached hydrogens (tertiary/aromatic N) is 4. The van der Waals surface area contributed by atoms with E-state index in [-0.39, 0.29) is 18.2 Å². The van der Waals surface area contributed by atoms with E-state index in [4.69, 9.17) is 0 Å². The Morgan fingerprint density at radius 1 is 1.10 bits per heavy atom. The van der Waals surface area contributed by atoms with Crippen LogP contribution in [0.4, 0.5) is 5.82 Å². The van der Waals surface area contributed by atoms with Crippen LogP contribution in [0.15, 0.2) is 42.7 Å². The predicted octanol–water partition coefficient (Wildman–Crippen LogP) is 2.78. The second-order valence-corrected chi connectivity index (χ2v) is 10.4. The maximum Gasteiger partial charge on any atom is 0.245 e. The van der Waals surface area contributed by atoms with Gasteiger partial charge in [-0.05, 0) is 47.1 Å². The fourth-order valence-electron chi connectivity index (χ4n) is 4.28. The quantitative estimate of drug-likeness (QED) is 0.508. The number of nitrogens with one attached hydrogen (secondary N) is 1. The molecule has 0 aliphatic carbocycles. The molecule has 2 aliphatic rings. The summed E-state index contributed by atoms with van der Waals surface area (Å²) in [5.41, 5.74) is 1.21. The summed E-state index contributed by atoms with van der Waals surface area (Å²) < 4.78 is 28.3. The molecule has 154 valence electrons. The summed E-state index contributed by atoms with van der Waals surface area (Å²) in [5.74, 6) is 0.764. The predicted molar refractivity (Wildman–Crippen MR) is 124 cm³/mol. The van der Waals surface area contributed by atoms with Crippen LogP contribution in [0.1, 0.15) is 18.4 Å². The molecule has 1 N–H and O–H groups in total. The van der Waals surface area contributed by atoms with Crippen LogP contribution in [0.2, 0.25) is 0 Å². The number of benzene rings is 1. The normalized spacial score (nSPS) is 21.3. The fraction of sp³-hybridized carbons (Fsp3) is 0.368. The van der Waals surface area contributed by atoms with Crippen molar-refractivity contribution in [3.05, 3.63) is 52.0 Å². The number of aromatic nitrogens is 3. The zero-order chi connectivity index (χ0) is 19.3. The molecule has 1 aromatic carbocycles. The number of hydrogen-bond donors (Lipinski definition) is 1. The van der Waals surface area contributed by atoms with Gasteiger partial charge >= 0.3 is 0 Å². The number of fused-ring (bicyclic) bond motifs is 3. The molecule has 4 heterocycles. The highest BCUT2D eigenvalue weighted by atomic mass is 127. The van der Waals surface area contributed by atoms with Gasteiger partial charge in [0.1, 0.15) is 12.1 Å². The van der Waals surface area contributed by atoms with Crippen LogP contribution in [0.3, 0.4) is 0 Å². The summed E-state index contributed by atoms with van der Waals surface area (Å²) in [4.78, 5) is 11.1. The minimum absolute atomic E-state index is 0. The molecule has 2 bridgehead atoms. The van der Waals surface area contributed by atoms with Crippen molar-refractivity contribution in [1.29, 1.82) is 0 Å². The van der Waals surface area contributed by atoms with Crippen LogP contribution in [0.5, 0.6) is 0 Å². The maximum absolute atomic E-state index is 13.2. The topological polar surface area (TPSA) is 80.1 Å². The fourth-order valence-corrected chi connectivity index (χ4v) is 7.19. The van der Waals surface area contributed by atoms with Crippen molar-refractivity contribution in [1.82, 2.24) is 19.3 Å². The van der Waals surface area contributed by atoms with Gasteiger partial charge < -0.3 is 10.2 Å². The number of piperazine rings is 1. The molecule has 2 unspecified atom stereocenters. The largest absolute Gasteiger partial charge is 0.353 e. The molecule has 2 aromatic heterocycles. The molecule has 2 aliphatic heterocycles. The minimum Gasteiger partial charge on any atom is -0.353 e. The first-order chi connectivity index (χ1) is 13.5. The molecule has 3 aromatic rings. The second kappa shape index (κ2) is 8.01. The van der Waals surface area contributed by atoms with E-state index in [1.807, 2.05) is 36.4 Å². The van der Waals surface area contributed by atoms with Crippen molar-refractivity contribution in [2.75, 3.05) is 18.0 Å². The Hall–Kier alpha value is -1.43. The van der Waals surface area contributed by atoms with Gasteiger partial charge in [0.05, 0.1) is 14.8 Å². The SMILES string of the molecule is Cl.O=S(=O)(Cc1ccccc1)n1c(I)cc2c(N3CC4CCC(C3)N4)ncnc21. The van der Waals surface area contributed by atoms with Gasteiger partial charge in [-0.1, -0.05) is 30.3 Å². The molecule has 0 spiro atoms. The molecular weight excluding hydrogens is 525 g/mol. The van der Waals surface area contributed by atoms with Crippen LogP contribution in [0, 0.1) is 3.70 Å². The summed E-state index contributed by atoms with van der Waals surface area (Å²) >= 11 is 2.07. The molecule has 7 nitrogen and oxygen atoms in total. The number of rotatable bonds is 4. The lowest BCUT2D eigenvalue weighted by atomic mass is 10.2. The van der Waals surface area contributed by atoms with Crippen LogP contribution in [0.25, 0.3) is 11.0 Å². The molecular formula is C19H21ClIN5O2S. The van der Waals surface area contributed by atoms with Gasteiger partial charge in [0.15, 0.2) is 5.65 Å². The van der Waals surface area contributed by atoms with Crippen LogP contribution >= 0.6 is 35.0 Å². The third kappa shape index (κ3) is 3.85. The van der Waals surface area contributed by atoms with E-state index in [0.29, 0.717) is 21.4 Å². The lowest BCUT2D eigenvalue weighted by Gasteiger charge is -2.33. The summed E-state index contributed by atoms with van der Waals surface area (Å²) in [6.45, 7) is 1.78. The molecule has 2 saturated heterocycles. The number of halogens is 2. The monoisotopic (exact) mass is 545 g/mol. The highest BCUT2D eigenvalue weighted by molar-refractivity contribution is 14.1. The van der Waals surface area contributed by atoms with Gasteiger partial charge in [-0.25, -0.2) is 22.4 Å². The van der Waals surface area contributed by atoms with E-state index in [1.54, 1.807) is 0 Å². The highest BCUT2D eigenvalue weighted by Crippen LogP contribution is 2.32. The van der Waals surface area contributed by atoms with Gasteiger partial charge in [0, 0.05) is 25.2 Å². The van der Waals surface area contributed by atoms with Crippen molar-refractivity contribution >= 4 is 61.9 Å². The Kier molecular flexibility index (Phi) is 5.75. The van der Waals surface area contributed by atoms with Crippen molar-refractivity contribution < 1.29 is 8.42 Å². The summed E-state index contributed by atoms with van der Waals surface area (Å²) in [6.07, 6.45) is 3.84. The van der Waals surface area contributed by atoms with Crippen molar-refractivity contribution in [3.8, 4) is 0 Å². The zero-order valence-electron chi connectivity index (χ0n) is 15.5. The van der Waals surface area contributed by atoms with Gasteiger partial charge in [-0.3, -0.25) is 0 Å². The van der Waals surface area contributed by atoms with E-state index in [1.165, 1.54) is 23.1 Å². The molecule has 29 heavy (non-hydrogen) atoms. The first-order valence-electron chi connectivity index (χ1n) is 9.31. The van der Waals surface area contributed by atoms with Crippen LogP contribution < -0.4 is 10.2 Å². The van der Waals surface area contributed by atoms with Crippen molar-refractivity contribution in [2.45, 2.75) is 30.7 Å². The Morgan fingerprint density at radius 3 is 2.48 bits per heavy atom. The molecule has 2 fully saturated rings. The lowest BCUT2D eigenvalue weighted by molar-refractivity contribution is 0.464. The highest BCUT2D eigenvalue weighted by Gasteiger charge is 2.34. The third-order valence-electron chi connectivity index (χ3n) is 5.48. The average molecular weight is 546 g/mol. The first kappa shape index (κ1) is 20.8. The molecule has 5 rings (SSSR count). The number of hydrogen-bond acceptors (Lipinski definition) is 6. The third-order valence-corrected chi connectivity index (χ3v) is 8.22. The van der Waals surface area contributed by atoms with Gasteiger partial charge in [0.2, 0.25) is 10.0 Å². The Morgan fingerprint density at radius 2 is 1.79 bits per heavy atom. The second-order valence-electron chi connectivity index (χ2n) is 7.45. The molecule has 0 radical (unpaired) electrons. The zero-order valence-corrected chi connectivity index (χ0v) is 19.3. The first-order valence-corrected chi connectivity index (χ1v) is 12.0. The lowest BCUT2D eigenvalue weighted by Crippen LogP contribution is -2.51. The molecule has 2 atom stereocenters. The Bertz CT molecular complexity index is 1130. The number of anilines is 1. The Labute approximate surface area is 189 Å². The van der Waals surface area contributed by atoms with E-state index in [9.17, 15) is 8.42 Å². The van der Waals surface area contributed by atoms with Crippen molar-refractivity contribution in [2.24, 2.45) is 0 Å². The smallest absolute Gasteiger partial charge is 0.245 e. The maximum atomic E-state index is 13.2. The average Bonchev–Trinajstić information content (AvgIpc) is 3.20. The van der Waals surface area contributed by atoms with Crippen LogP contribution in [-0.2, 0) is 15.8 Å². The van der Waals surface area contributed by atoms with Crippen LogP contribution in [-0.4, -0.2) is 47.5 Å².